The maximum atomic E-state index is 12.6. The Hall–Kier alpha value is -3.37. The van der Waals surface area contributed by atoms with Crippen LogP contribution in [0.3, 0.4) is 0 Å². The van der Waals surface area contributed by atoms with E-state index in [9.17, 15) is 19.2 Å². The summed E-state index contributed by atoms with van der Waals surface area (Å²) in [5, 5.41) is 10.9. The quantitative estimate of drug-likeness (QED) is 0.340. The van der Waals surface area contributed by atoms with E-state index in [1.165, 1.54) is 17.7 Å². The van der Waals surface area contributed by atoms with E-state index >= 15 is 0 Å². The van der Waals surface area contributed by atoms with Gasteiger partial charge in [-0.25, -0.2) is 9.78 Å². The molecule has 0 aliphatic carbocycles. The molecule has 3 rings (SSSR count). The van der Waals surface area contributed by atoms with Crippen LogP contribution in [0.15, 0.2) is 30.3 Å². The average Bonchev–Trinajstić information content (AvgIpc) is 2.87. The van der Waals surface area contributed by atoms with Crippen molar-refractivity contribution in [2.24, 2.45) is 0 Å². The molecular formula is C24H27Cl2N5O5. The van der Waals surface area contributed by atoms with Gasteiger partial charge < -0.3 is 26.0 Å². The van der Waals surface area contributed by atoms with Gasteiger partial charge in [-0.3, -0.25) is 14.4 Å². The monoisotopic (exact) mass is 535 g/mol. The minimum Gasteiger partial charge on any atom is -0.467 e. The predicted octanol–water partition coefficient (Wildman–Crippen LogP) is 1.88. The van der Waals surface area contributed by atoms with Crippen LogP contribution in [-0.2, 0) is 32.0 Å². The number of nitrogens with zero attached hydrogens (tertiary/aromatic N) is 1. The van der Waals surface area contributed by atoms with Gasteiger partial charge in [0, 0.05) is 25.2 Å². The van der Waals surface area contributed by atoms with Crippen LogP contribution in [-0.4, -0.2) is 61.5 Å². The van der Waals surface area contributed by atoms with Crippen molar-refractivity contribution >= 4 is 52.7 Å². The lowest BCUT2D eigenvalue weighted by Crippen LogP contribution is -2.50. The predicted molar refractivity (Wildman–Crippen MR) is 135 cm³/mol. The molecule has 1 aromatic carbocycles. The zero-order chi connectivity index (χ0) is 26.1. The van der Waals surface area contributed by atoms with Crippen molar-refractivity contribution in [1.82, 2.24) is 20.9 Å². The number of esters is 1. The number of pyridine rings is 1. The van der Waals surface area contributed by atoms with Crippen molar-refractivity contribution in [3.8, 4) is 0 Å². The van der Waals surface area contributed by atoms with Gasteiger partial charge in [0.05, 0.1) is 29.3 Å². The molecule has 4 N–H and O–H groups in total. The van der Waals surface area contributed by atoms with Crippen molar-refractivity contribution in [3.63, 3.8) is 0 Å². The number of ether oxygens (including phenoxy) is 1. The zero-order valence-electron chi connectivity index (χ0n) is 19.7. The molecule has 12 heteroatoms. The van der Waals surface area contributed by atoms with Crippen LogP contribution < -0.4 is 21.3 Å². The number of fused-ring (bicyclic) bond motifs is 1. The lowest BCUT2D eigenvalue weighted by Gasteiger charge is -2.18. The molecule has 0 radical (unpaired) electrons. The normalized spacial score (nSPS) is 13.0. The van der Waals surface area contributed by atoms with Crippen LogP contribution in [0, 0.1) is 0 Å². The Balaban J connectivity index is 1.44. The van der Waals surface area contributed by atoms with Gasteiger partial charge in [0.1, 0.15) is 11.9 Å². The number of aryl methyl sites for hydroxylation is 2. The number of hydrogen-bond acceptors (Lipinski definition) is 7. The molecule has 10 nitrogen and oxygen atoms in total. The van der Waals surface area contributed by atoms with E-state index in [0.717, 1.165) is 38.0 Å². The SMILES string of the molecule is COC(=O)C(CNC(=O)CNC(=O)CCc1ccc2c(n1)NCCC2)NC(=O)c1c(Cl)cccc1Cl. The first-order valence-electron chi connectivity index (χ1n) is 11.4. The maximum Gasteiger partial charge on any atom is 0.330 e. The Morgan fingerprint density at radius 2 is 1.83 bits per heavy atom. The van der Waals surface area contributed by atoms with Crippen LogP contribution >= 0.6 is 23.2 Å². The second-order valence-corrected chi connectivity index (χ2v) is 8.88. The summed E-state index contributed by atoms with van der Waals surface area (Å²) >= 11 is 12.1. The fourth-order valence-corrected chi connectivity index (χ4v) is 4.15. The highest BCUT2D eigenvalue weighted by Gasteiger charge is 2.25. The highest BCUT2D eigenvalue weighted by atomic mass is 35.5. The molecule has 1 aliphatic rings. The van der Waals surface area contributed by atoms with E-state index in [-0.39, 0.29) is 41.0 Å². The van der Waals surface area contributed by atoms with Crippen LogP contribution in [0.2, 0.25) is 10.0 Å². The van der Waals surface area contributed by atoms with Crippen molar-refractivity contribution in [2.75, 3.05) is 32.1 Å². The number of anilines is 1. The third-order valence-corrected chi connectivity index (χ3v) is 6.12. The summed E-state index contributed by atoms with van der Waals surface area (Å²) in [7, 11) is 1.15. The van der Waals surface area contributed by atoms with Crippen LogP contribution in [0.25, 0.3) is 0 Å². The minimum absolute atomic E-state index is 0.00229. The Bertz CT molecular complexity index is 1120. The molecule has 0 fully saturated rings. The topological polar surface area (TPSA) is 139 Å². The highest BCUT2D eigenvalue weighted by molar-refractivity contribution is 6.39. The van der Waals surface area contributed by atoms with Gasteiger partial charge >= 0.3 is 5.97 Å². The molecule has 3 amide bonds. The Morgan fingerprint density at radius 3 is 2.56 bits per heavy atom. The number of halogens is 2. The highest BCUT2D eigenvalue weighted by Crippen LogP contribution is 2.24. The molecular weight excluding hydrogens is 509 g/mol. The molecule has 1 unspecified atom stereocenters. The lowest BCUT2D eigenvalue weighted by molar-refractivity contribution is -0.142. The number of hydrogen-bond donors (Lipinski definition) is 4. The fourth-order valence-electron chi connectivity index (χ4n) is 3.58. The van der Waals surface area contributed by atoms with Crippen LogP contribution in [0.5, 0.6) is 0 Å². The smallest absolute Gasteiger partial charge is 0.330 e. The van der Waals surface area contributed by atoms with Gasteiger partial charge in [-0.1, -0.05) is 35.3 Å². The summed E-state index contributed by atoms with van der Waals surface area (Å²) < 4.78 is 4.70. The fraction of sp³-hybridized carbons (Fsp3) is 0.375. The van der Waals surface area contributed by atoms with Gasteiger partial charge in [-0.2, -0.15) is 0 Å². The van der Waals surface area contributed by atoms with Gasteiger partial charge in [0.25, 0.3) is 5.91 Å². The Kier molecular flexibility index (Phi) is 9.89. The largest absolute Gasteiger partial charge is 0.467 e. The van der Waals surface area contributed by atoms with Gasteiger partial charge in [0.15, 0.2) is 0 Å². The number of rotatable bonds is 10. The van der Waals surface area contributed by atoms with E-state index in [1.807, 2.05) is 12.1 Å². The summed E-state index contributed by atoms with van der Waals surface area (Å²) in [5.41, 5.74) is 1.96. The molecule has 2 aromatic rings. The average molecular weight is 536 g/mol. The third kappa shape index (κ3) is 7.56. The molecule has 0 saturated heterocycles. The number of amides is 3. The van der Waals surface area contributed by atoms with Crippen LogP contribution in [0.4, 0.5) is 5.82 Å². The van der Waals surface area contributed by atoms with Gasteiger partial charge in [-0.05, 0) is 43.0 Å². The number of aromatic nitrogens is 1. The van der Waals surface area contributed by atoms with E-state index in [4.69, 9.17) is 27.9 Å². The second kappa shape index (κ2) is 13.1. The Morgan fingerprint density at radius 1 is 1.08 bits per heavy atom. The Labute approximate surface area is 218 Å². The van der Waals surface area contributed by atoms with Crippen molar-refractivity contribution in [2.45, 2.75) is 31.7 Å². The number of methoxy groups -OCH3 is 1. The van der Waals surface area contributed by atoms with E-state index < -0.39 is 23.8 Å². The van der Waals surface area contributed by atoms with Gasteiger partial charge in [-0.15, -0.1) is 0 Å². The summed E-state index contributed by atoms with van der Waals surface area (Å²) in [4.78, 5) is 53.6. The first kappa shape index (κ1) is 27.2. The zero-order valence-corrected chi connectivity index (χ0v) is 21.2. The molecule has 1 atom stereocenters. The summed E-state index contributed by atoms with van der Waals surface area (Å²) in [6.45, 7) is 0.324. The second-order valence-electron chi connectivity index (χ2n) is 8.07. The number of benzene rings is 1. The van der Waals surface area contributed by atoms with Gasteiger partial charge in [0.2, 0.25) is 11.8 Å². The summed E-state index contributed by atoms with van der Waals surface area (Å²) in [6, 6.07) is 7.28. The van der Waals surface area contributed by atoms with E-state index in [2.05, 4.69) is 26.3 Å². The molecule has 0 bridgehead atoms. The first-order chi connectivity index (χ1) is 17.3. The maximum absolute atomic E-state index is 12.6. The molecule has 192 valence electrons. The molecule has 0 spiro atoms. The molecule has 1 aromatic heterocycles. The van der Waals surface area contributed by atoms with Crippen molar-refractivity contribution < 1.29 is 23.9 Å². The number of carbonyl (C=O) groups excluding carboxylic acids is 4. The molecule has 36 heavy (non-hydrogen) atoms. The van der Waals surface area contributed by atoms with Crippen LogP contribution in [0.1, 0.15) is 34.5 Å². The van der Waals surface area contributed by atoms with E-state index in [0.29, 0.717) is 6.42 Å². The summed E-state index contributed by atoms with van der Waals surface area (Å²) in [6.07, 6.45) is 2.66. The van der Waals surface area contributed by atoms with E-state index in [1.54, 1.807) is 6.07 Å². The van der Waals surface area contributed by atoms with Crippen molar-refractivity contribution in [3.05, 3.63) is 57.2 Å². The third-order valence-electron chi connectivity index (χ3n) is 5.49. The summed E-state index contributed by atoms with van der Waals surface area (Å²) in [5.74, 6) is -1.47. The lowest BCUT2D eigenvalue weighted by atomic mass is 10.1. The standard InChI is InChI=1S/C24H27Cl2N5O5/c1-36-24(35)18(31-23(34)21-16(25)5-2-6-17(21)26)12-28-20(33)13-29-19(32)10-9-15-8-7-14-4-3-11-27-22(14)30-15/h2,5-8,18H,3-4,9-13H2,1H3,(H,27,30)(H,28,33)(H,29,32)(H,31,34). The molecule has 1 aliphatic heterocycles. The first-order valence-corrected chi connectivity index (χ1v) is 12.1. The molecule has 2 heterocycles. The number of nitrogens with one attached hydrogen (secondary N) is 4. The minimum atomic E-state index is -1.20. The van der Waals surface area contributed by atoms with Crippen molar-refractivity contribution in [1.29, 1.82) is 0 Å². The number of carbonyl (C=O) groups is 4. The molecule has 0 saturated carbocycles.